The molecule has 2 fully saturated rings. The zero-order chi connectivity index (χ0) is 12.1. The summed E-state index contributed by atoms with van der Waals surface area (Å²) in [5.41, 5.74) is 0. The minimum Gasteiger partial charge on any atom is -0.413 e. The van der Waals surface area contributed by atoms with Crippen LogP contribution in [0.3, 0.4) is 0 Å². The van der Waals surface area contributed by atoms with Crippen molar-refractivity contribution in [2.45, 2.75) is 70.1 Å². The molecule has 1 aliphatic carbocycles. The average molecular weight is 242 g/mol. The summed E-state index contributed by atoms with van der Waals surface area (Å²) in [6.45, 7) is 11.1. The van der Waals surface area contributed by atoms with Gasteiger partial charge in [-0.3, -0.25) is 4.79 Å². The summed E-state index contributed by atoms with van der Waals surface area (Å²) in [5, 5.41) is 0.206. The van der Waals surface area contributed by atoms with Gasteiger partial charge in [-0.15, -0.1) is 0 Å². The maximum Gasteiger partial charge on any atom is 0.192 e. The van der Waals surface area contributed by atoms with Crippen molar-refractivity contribution in [3.05, 3.63) is 0 Å². The second kappa shape index (κ2) is 3.65. The first kappa shape index (κ1) is 12.3. The Morgan fingerprint density at radius 3 is 2.50 bits per heavy atom. The molecule has 4 heteroatoms. The molecule has 2 aliphatic rings. The van der Waals surface area contributed by atoms with E-state index in [-0.39, 0.29) is 29.1 Å². The van der Waals surface area contributed by atoms with Crippen molar-refractivity contribution >= 4 is 14.1 Å². The number of fused-ring (bicyclic) bond motifs is 1. The van der Waals surface area contributed by atoms with Crippen LogP contribution in [0.1, 0.15) is 33.6 Å². The van der Waals surface area contributed by atoms with Gasteiger partial charge in [0.25, 0.3) is 0 Å². The summed E-state index contributed by atoms with van der Waals surface area (Å²) in [5.74, 6) is 0.236. The van der Waals surface area contributed by atoms with E-state index in [4.69, 9.17) is 9.16 Å². The Balaban J connectivity index is 1.97. The molecule has 0 bridgehead atoms. The van der Waals surface area contributed by atoms with Gasteiger partial charge in [0.2, 0.25) is 0 Å². The van der Waals surface area contributed by atoms with Gasteiger partial charge in [0, 0.05) is 12.8 Å². The third kappa shape index (κ3) is 2.24. The Bertz CT molecular complexity index is 306. The summed E-state index contributed by atoms with van der Waals surface area (Å²) in [7, 11) is -1.74. The van der Waals surface area contributed by atoms with E-state index in [9.17, 15) is 4.79 Å². The van der Waals surface area contributed by atoms with Crippen molar-refractivity contribution in [2.75, 3.05) is 0 Å². The molecule has 3 nitrogen and oxygen atoms in total. The van der Waals surface area contributed by atoms with E-state index in [1.54, 1.807) is 0 Å². The molecule has 16 heavy (non-hydrogen) atoms. The molecule has 1 heterocycles. The molecule has 0 unspecified atom stereocenters. The van der Waals surface area contributed by atoms with Crippen LogP contribution in [0, 0.1) is 0 Å². The molecule has 92 valence electrons. The van der Waals surface area contributed by atoms with E-state index in [2.05, 4.69) is 33.9 Å². The van der Waals surface area contributed by atoms with E-state index in [1.807, 2.05) is 0 Å². The van der Waals surface area contributed by atoms with Crippen LogP contribution in [0.25, 0.3) is 0 Å². The van der Waals surface area contributed by atoms with Crippen LogP contribution in [-0.2, 0) is 14.0 Å². The Labute approximate surface area is 98.6 Å². The number of carbonyl (C=O) groups excluding carboxylic acids is 1. The lowest BCUT2D eigenvalue weighted by Crippen LogP contribution is -2.46. The summed E-state index contributed by atoms with van der Waals surface area (Å²) in [4.78, 5) is 11.6. The van der Waals surface area contributed by atoms with Crippen molar-refractivity contribution in [1.29, 1.82) is 0 Å². The predicted octanol–water partition coefficient (Wildman–Crippen LogP) is 2.51. The normalized spacial score (nSPS) is 34.8. The molecule has 3 atom stereocenters. The second-order valence-corrected chi connectivity index (χ2v) is 11.3. The zero-order valence-electron chi connectivity index (χ0n) is 10.9. The number of Topliss-reactive ketones (excluding diaryl/α,β-unsaturated/α-hetero) is 1. The van der Waals surface area contributed by atoms with Gasteiger partial charge in [0.1, 0.15) is 6.10 Å². The van der Waals surface area contributed by atoms with Gasteiger partial charge in [0.05, 0.1) is 12.2 Å². The monoisotopic (exact) mass is 242 g/mol. The number of rotatable bonds is 2. The fourth-order valence-corrected chi connectivity index (χ4v) is 3.34. The van der Waals surface area contributed by atoms with Gasteiger partial charge in [0.15, 0.2) is 14.1 Å². The highest BCUT2D eigenvalue weighted by molar-refractivity contribution is 6.74. The molecule has 2 rings (SSSR count). The highest BCUT2D eigenvalue weighted by Gasteiger charge is 2.52. The van der Waals surface area contributed by atoms with Crippen LogP contribution in [0.15, 0.2) is 0 Å². The summed E-state index contributed by atoms with van der Waals surface area (Å²) < 4.78 is 11.6. The molecule has 0 radical (unpaired) electrons. The molecule has 0 amide bonds. The average Bonchev–Trinajstić information content (AvgIpc) is 2.80. The molecule has 1 saturated carbocycles. The molecule has 1 saturated heterocycles. The van der Waals surface area contributed by atoms with Gasteiger partial charge in [-0.2, -0.15) is 0 Å². The Morgan fingerprint density at radius 2 is 2.00 bits per heavy atom. The largest absolute Gasteiger partial charge is 0.413 e. The lowest BCUT2D eigenvalue weighted by atomic mass is 9.97. The second-order valence-electron chi connectivity index (χ2n) is 6.50. The van der Waals surface area contributed by atoms with Gasteiger partial charge in [-0.05, 0) is 18.1 Å². The maximum atomic E-state index is 11.6. The van der Waals surface area contributed by atoms with E-state index in [0.29, 0.717) is 6.42 Å². The molecule has 0 N–H and O–H groups in total. The maximum absolute atomic E-state index is 11.6. The van der Waals surface area contributed by atoms with Crippen molar-refractivity contribution in [3.8, 4) is 0 Å². The molecule has 0 spiro atoms. The third-order valence-electron chi connectivity index (χ3n) is 4.09. The van der Waals surface area contributed by atoms with Crippen molar-refractivity contribution in [2.24, 2.45) is 0 Å². The van der Waals surface area contributed by atoms with Crippen LogP contribution in [0.5, 0.6) is 0 Å². The molecule has 0 aromatic heterocycles. The van der Waals surface area contributed by atoms with Gasteiger partial charge in [-0.1, -0.05) is 20.8 Å². The fraction of sp³-hybridized carbons (Fsp3) is 0.917. The van der Waals surface area contributed by atoms with E-state index < -0.39 is 8.32 Å². The predicted molar refractivity (Wildman–Crippen MR) is 65.0 cm³/mol. The smallest absolute Gasteiger partial charge is 0.192 e. The van der Waals surface area contributed by atoms with Crippen LogP contribution >= 0.6 is 0 Å². The number of hydrogen-bond acceptors (Lipinski definition) is 3. The first-order valence-corrected chi connectivity index (χ1v) is 8.97. The summed E-state index contributed by atoms with van der Waals surface area (Å²) in [6.07, 6.45) is 1.63. The Hall–Kier alpha value is -0.193. The van der Waals surface area contributed by atoms with Gasteiger partial charge >= 0.3 is 0 Å². The molecule has 0 aromatic rings. The molecular weight excluding hydrogens is 220 g/mol. The van der Waals surface area contributed by atoms with Crippen LogP contribution < -0.4 is 0 Å². The fourth-order valence-electron chi connectivity index (χ4n) is 1.97. The summed E-state index contributed by atoms with van der Waals surface area (Å²) >= 11 is 0. The number of ketones is 1. The van der Waals surface area contributed by atoms with Crippen LogP contribution in [-0.4, -0.2) is 32.4 Å². The van der Waals surface area contributed by atoms with Crippen molar-refractivity contribution in [1.82, 2.24) is 0 Å². The van der Waals surface area contributed by atoms with Crippen molar-refractivity contribution in [3.63, 3.8) is 0 Å². The van der Waals surface area contributed by atoms with Gasteiger partial charge < -0.3 is 9.16 Å². The third-order valence-corrected chi connectivity index (χ3v) is 8.63. The highest BCUT2D eigenvalue weighted by atomic mass is 28.4. The lowest BCUT2D eigenvalue weighted by Gasteiger charge is -2.39. The minimum atomic E-state index is -1.74. The first-order chi connectivity index (χ1) is 7.21. The van der Waals surface area contributed by atoms with Crippen LogP contribution in [0.2, 0.25) is 18.1 Å². The molecule has 0 aromatic carbocycles. The highest BCUT2D eigenvalue weighted by Crippen LogP contribution is 2.41. The quantitative estimate of drug-likeness (QED) is 0.551. The molecular formula is C12H22O3Si. The SMILES string of the molecule is CC(C)(C)[Si](C)(C)O[C@@H]1CC(=O)[C@H]2O[C@H]2C1. The number of epoxide rings is 1. The standard InChI is InChI=1S/C12H22O3Si/c1-12(2,3)16(4,5)15-8-6-9(13)11-10(7-8)14-11/h8,10-11H,6-7H2,1-5H3/t8-,10+,11-/m1/s1. The Kier molecular flexibility index (Phi) is 2.80. The number of carbonyl (C=O) groups is 1. The molecule has 1 aliphatic heterocycles. The lowest BCUT2D eigenvalue weighted by molar-refractivity contribution is -0.122. The summed E-state index contributed by atoms with van der Waals surface area (Å²) in [6, 6.07) is 0. The van der Waals surface area contributed by atoms with E-state index >= 15 is 0 Å². The van der Waals surface area contributed by atoms with Gasteiger partial charge in [-0.25, -0.2) is 0 Å². The van der Waals surface area contributed by atoms with Crippen LogP contribution in [0.4, 0.5) is 0 Å². The topological polar surface area (TPSA) is 38.8 Å². The Morgan fingerprint density at radius 1 is 1.38 bits per heavy atom. The number of hydrogen-bond donors (Lipinski definition) is 0. The van der Waals surface area contributed by atoms with E-state index in [1.165, 1.54) is 0 Å². The van der Waals surface area contributed by atoms with E-state index in [0.717, 1.165) is 6.42 Å². The first-order valence-electron chi connectivity index (χ1n) is 6.07. The van der Waals surface area contributed by atoms with Crippen molar-refractivity contribution < 1.29 is 14.0 Å². The minimum absolute atomic E-state index is 0.0840. The number of ether oxygens (including phenoxy) is 1. The zero-order valence-corrected chi connectivity index (χ0v) is 11.9.